The van der Waals surface area contributed by atoms with Crippen molar-refractivity contribution in [3.8, 4) is 0 Å². The molecule has 0 bridgehead atoms. The third-order valence-corrected chi connectivity index (χ3v) is 3.19. The molecule has 5 nitrogen and oxygen atoms in total. The number of nitrogens with one attached hydrogen (secondary N) is 1. The zero-order valence-corrected chi connectivity index (χ0v) is 12.8. The highest BCUT2D eigenvalue weighted by molar-refractivity contribution is 9.10. The van der Waals surface area contributed by atoms with Crippen LogP contribution in [0.4, 0.5) is 5.69 Å². The van der Waals surface area contributed by atoms with Crippen LogP contribution in [0.1, 0.15) is 23.7 Å². The van der Waals surface area contributed by atoms with E-state index in [4.69, 9.17) is 0 Å². The first kappa shape index (κ1) is 15.1. The summed E-state index contributed by atoms with van der Waals surface area (Å²) in [6, 6.07) is 4.19. The van der Waals surface area contributed by atoms with Gasteiger partial charge in [0.05, 0.1) is 4.92 Å². The molecule has 0 fully saturated rings. The molecule has 7 heteroatoms. The van der Waals surface area contributed by atoms with E-state index in [0.29, 0.717) is 4.47 Å². The maximum Gasteiger partial charge on any atom is 0.271 e. The van der Waals surface area contributed by atoms with Crippen molar-refractivity contribution >= 4 is 43.5 Å². The highest BCUT2D eigenvalue weighted by Crippen LogP contribution is 2.21. The van der Waals surface area contributed by atoms with E-state index in [2.05, 4.69) is 37.2 Å². The molecule has 0 saturated heterocycles. The standard InChI is InChI=1S/C11H12Br2N2O3/c1-7(2-3-12)14-11(16)8-4-9(13)6-10(5-8)15(17)18/h4-7H,2-3H2,1H3,(H,14,16). The lowest BCUT2D eigenvalue weighted by Gasteiger charge is -2.12. The summed E-state index contributed by atoms with van der Waals surface area (Å²) in [6.45, 7) is 1.88. The number of carbonyl (C=O) groups is 1. The van der Waals surface area contributed by atoms with Gasteiger partial charge in [0.1, 0.15) is 0 Å². The normalized spacial score (nSPS) is 11.9. The number of nitro groups is 1. The molecule has 0 spiro atoms. The molecule has 0 heterocycles. The third kappa shape index (κ3) is 4.38. The molecule has 1 rings (SSSR count). The monoisotopic (exact) mass is 378 g/mol. The van der Waals surface area contributed by atoms with Gasteiger partial charge in [0.25, 0.3) is 11.6 Å². The average molecular weight is 380 g/mol. The van der Waals surface area contributed by atoms with Crippen LogP contribution in [-0.2, 0) is 0 Å². The molecule has 0 aromatic heterocycles. The first-order chi connectivity index (χ1) is 8.43. The van der Waals surface area contributed by atoms with Crippen molar-refractivity contribution in [3.05, 3.63) is 38.3 Å². The molecule has 0 aliphatic heterocycles. The van der Waals surface area contributed by atoms with E-state index in [-0.39, 0.29) is 23.2 Å². The molecule has 0 aliphatic rings. The number of rotatable bonds is 5. The van der Waals surface area contributed by atoms with Gasteiger partial charge in [-0.3, -0.25) is 14.9 Å². The molecular weight excluding hydrogens is 368 g/mol. The summed E-state index contributed by atoms with van der Waals surface area (Å²) in [6.07, 6.45) is 0.793. The maximum atomic E-state index is 11.9. The molecule has 98 valence electrons. The topological polar surface area (TPSA) is 72.2 Å². The Balaban J connectivity index is 2.88. The number of hydrogen-bond donors (Lipinski definition) is 1. The molecule has 0 radical (unpaired) electrons. The maximum absolute atomic E-state index is 11.9. The van der Waals surface area contributed by atoms with Gasteiger partial charge < -0.3 is 5.32 Å². The fraction of sp³-hybridized carbons (Fsp3) is 0.364. The molecule has 1 atom stereocenters. The van der Waals surface area contributed by atoms with Crippen LogP contribution in [0.3, 0.4) is 0 Å². The number of nitro benzene ring substituents is 1. The van der Waals surface area contributed by atoms with E-state index in [1.165, 1.54) is 12.1 Å². The van der Waals surface area contributed by atoms with E-state index in [1.54, 1.807) is 6.07 Å². The number of alkyl halides is 1. The van der Waals surface area contributed by atoms with Gasteiger partial charge >= 0.3 is 0 Å². The SMILES string of the molecule is CC(CCBr)NC(=O)c1cc(Br)cc([N+](=O)[O-])c1. The Bertz CT molecular complexity index is 466. The molecule has 0 aliphatic carbocycles. The number of hydrogen-bond acceptors (Lipinski definition) is 3. The van der Waals surface area contributed by atoms with Crippen LogP contribution in [0.5, 0.6) is 0 Å². The van der Waals surface area contributed by atoms with Crippen molar-refractivity contribution in [2.75, 3.05) is 5.33 Å². The number of amides is 1. The average Bonchev–Trinajstić information content (AvgIpc) is 2.28. The van der Waals surface area contributed by atoms with Crippen LogP contribution in [-0.4, -0.2) is 22.2 Å². The first-order valence-corrected chi connectivity index (χ1v) is 7.17. The molecule has 1 aromatic rings. The highest BCUT2D eigenvalue weighted by atomic mass is 79.9. The number of nitrogens with zero attached hydrogens (tertiary/aromatic N) is 1. The van der Waals surface area contributed by atoms with Crippen molar-refractivity contribution in [1.29, 1.82) is 0 Å². The van der Waals surface area contributed by atoms with E-state index < -0.39 is 4.92 Å². The summed E-state index contributed by atoms with van der Waals surface area (Å²) in [4.78, 5) is 22.1. The van der Waals surface area contributed by atoms with Crippen molar-refractivity contribution in [2.45, 2.75) is 19.4 Å². The molecule has 1 aromatic carbocycles. The van der Waals surface area contributed by atoms with Gasteiger partial charge in [-0.2, -0.15) is 0 Å². The minimum atomic E-state index is -0.524. The lowest BCUT2D eigenvalue weighted by Crippen LogP contribution is -2.32. The molecule has 1 unspecified atom stereocenters. The quantitative estimate of drug-likeness (QED) is 0.484. The van der Waals surface area contributed by atoms with Crippen LogP contribution < -0.4 is 5.32 Å². The van der Waals surface area contributed by atoms with Gasteiger partial charge in [-0.25, -0.2) is 0 Å². The Morgan fingerprint density at radius 1 is 1.50 bits per heavy atom. The summed E-state index contributed by atoms with van der Waals surface area (Å²) < 4.78 is 0.509. The summed E-state index contributed by atoms with van der Waals surface area (Å²) in [7, 11) is 0. The van der Waals surface area contributed by atoms with Crippen LogP contribution in [0.25, 0.3) is 0 Å². The van der Waals surface area contributed by atoms with E-state index in [1.807, 2.05) is 6.92 Å². The Morgan fingerprint density at radius 3 is 2.72 bits per heavy atom. The number of non-ortho nitro benzene ring substituents is 1. The van der Waals surface area contributed by atoms with Crippen LogP contribution in [0.15, 0.2) is 22.7 Å². The third-order valence-electron chi connectivity index (χ3n) is 2.28. The number of carbonyl (C=O) groups excluding carboxylic acids is 1. The van der Waals surface area contributed by atoms with Gasteiger partial charge in [-0.05, 0) is 19.4 Å². The zero-order valence-electron chi connectivity index (χ0n) is 9.65. The summed E-state index contributed by atoms with van der Waals surface area (Å²) in [5.74, 6) is -0.312. The van der Waals surface area contributed by atoms with Crippen molar-refractivity contribution in [3.63, 3.8) is 0 Å². The zero-order chi connectivity index (χ0) is 13.7. The predicted octanol–water partition coefficient (Wildman–Crippen LogP) is 3.26. The summed E-state index contributed by atoms with van der Waals surface area (Å²) in [5, 5.41) is 14.3. The van der Waals surface area contributed by atoms with Gasteiger partial charge in [0, 0.05) is 33.5 Å². The van der Waals surface area contributed by atoms with Gasteiger partial charge in [-0.1, -0.05) is 31.9 Å². The summed E-state index contributed by atoms with van der Waals surface area (Å²) in [5.41, 5.74) is 0.167. The first-order valence-electron chi connectivity index (χ1n) is 5.26. The van der Waals surface area contributed by atoms with Gasteiger partial charge in [0.2, 0.25) is 0 Å². The van der Waals surface area contributed by atoms with Crippen molar-refractivity contribution in [1.82, 2.24) is 5.32 Å². The molecule has 18 heavy (non-hydrogen) atoms. The lowest BCUT2D eigenvalue weighted by atomic mass is 10.1. The lowest BCUT2D eigenvalue weighted by molar-refractivity contribution is -0.385. The Hall–Kier alpha value is -0.950. The minimum absolute atomic E-state index is 0.00918. The van der Waals surface area contributed by atoms with E-state index in [9.17, 15) is 14.9 Å². The molecule has 0 saturated carbocycles. The number of benzene rings is 1. The number of halogens is 2. The largest absolute Gasteiger partial charge is 0.350 e. The Kier molecular flexibility index (Phi) is 5.74. The molecular formula is C11H12Br2N2O3. The summed E-state index contributed by atoms with van der Waals surface area (Å²) >= 11 is 6.44. The van der Waals surface area contributed by atoms with Crippen LogP contribution in [0.2, 0.25) is 0 Å². The minimum Gasteiger partial charge on any atom is -0.350 e. The van der Waals surface area contributed by atoms with Gasteiger partial charge in [0.15, 0.2) is 0 Å². The Labute approximate surface area is 121 Å². The molecule has 1 N–H and O–H groups in total. The fourth-order valence-electron chi connectivity index (χ4n) is 1.35. The van der Waals surface area contributed by atoms with Gasteiger partial charge in [-0.15, -0.1) is 0 Å². The van der Waals surface area contributed by atoms with Crippen LogP contribution >= 0.6 is 31.9 Å². The fourth-order valence-corrected chi connectivity index (χ4v) is 2.52. The smallest absolute Gasteiger partial charge is 0.271 e. The second-order valence-corrected chi connectivity index (χ2v) is 5.52. The van der Waals surface area contributed by atoms with Crippen molar-refractivity contribution < 1.29 is 9.72 Å². The van der Waals surface area contributed by atoms with Crippen molar-refractivity contribution in [2.24, 2.45) is 0 Å². The highest BCUT2D eigenvalue weighted by Gasteiger charge is 2.15. The second kappa shape index (κ2) is 6.84. The molecule has 1 amide bonds. The second-order valence-electron chi connectivity index (χ2n) is 3.81. The van der Waals surface area contributed by atoms with Crippen LogP contribution in [0, 0.1) is 10.1 Å². The predicted molar refractivity (Wildman–Crippen MR) is 76.1 cm³/mol. The van der Waals surface area contributed by atoms with E-state index in [0.717, 1.165) is 11.8 Å². The van der Waals surface area contributed by atoms with E-state index >= 15 is 0 Å². The Morgan fingerprint density at radius 2 is 2.17 bits per heavy atom.